The first kappa shape index (κ1) is 22.6. The first-order chi connectivity index (χ1) is 16.7. The number of halogens is 1. The molecule has 5 nitrogen and oxygen atoms in total. The van der Waals surface area contributed by atoms with Gasteiger partial charge < -0.3 is 14.2 Å². The molecule has 0 spiro atoms. The van der Waals surface area contributed by atoms with Crippen LogP contribution in [0.3, 0.4) is 0 Å². The van der Waals surface area contributed by atoms with E-state index in [0.29, 0.717) is 11.6 Å². The summed E-state index contributed by atoms with van der Waals surface area (Å²) in [5, 5.41) is 7.80. The molecule has 0 radical (unpaired) electrons. The molecule has 0 fully saturated rings. The first-order valence-corrected chi connectivity index (χ1v) is 12.3. The van der Waals surface area contributed by atoms with Crippen molar-refractivity contribution >= 4 is 17.3 Å². The lowest BCUT2D eigenvalue weighted by Gasteiger charge is -2.38. The van der Waals surface area contributed by atoms with Crippen molar-refractivity contribution in [3.63, 3.8) is 0 Å². The van der Waals surface area contributed by atoms with E-state index < -0.39 is 0 Å². The molecule has 0 bridgehead atoms. The van der Waals surface area contributed by atoms with Crippen LogP contribution in [-0.2, 0) is 0 Å². The van der Waals surface area contributed by atoms with Crippen LogP contribution in [0.1, 0.15) is 62.1 Å². The van der Waals surface area contributed by atoms with Crippen molar-refractivity contribution in [1.82, 2.24) is 5.01 Å². The van der Waals surface area contributed by atoms with Gasteiger partial charge in [0.05, 0.1) is 25.0 Å². The molecule has 3 aromatic rings. The van der Waals surface area contributed by atoms with Gasteiger partial charge in [-0.3, -0.25) is 0 Å². The molecule has 0 aromatic heterocycles. The fourth-order valence-corrected chi connectivity index (χ4v) is 4.61. The largest absolute Gasteiger partial charge is 0.494 e. The maximum Gasteiger partial charge on any atom is 0.213 e. The summed E-state index contributed by atoms with van der Waals surface area (Å²) in [7, 11) is 0. The Morgan fingerprint density at radius 3 is 2.44 bits per heavy atom. The molecule has 176 valence electrons. The molecule has 2 heterocycles. The summed E-state index contributed by atoms with van der Waals surface area (Å²) < 4.78 is 17.9. The minimum atomic E-state index is -0.330. The topological polar surface area (TPSA) is 43.3 Å². The minimum absolute atomic E-state index is 0.0505. The van der Waals surface area contributed by atoms with Crippen LogP contribution >= 0.6 is 11.6 Å². The zero-order valence-electron chi connectivity index (χ0n) is 19.5. The predicted octanol–water partition coefficient (Wildman–Crippen LogP) is 7.16. The van der Waals surface area contributed by atoms with Gasteiger partial charge in [-0.2, -0.15) is 5.10 Å². The molecule has 2 aliphatic rings. The molecule has 0 aliphatic carbocycles. The van der Waals surface area contributed by atoms with Crippen LogP contribution < -0.4 is 14.2 Å². The second-order valence-corrected chi connectivity index (χ2v) is 8.96. The highest BCUT2D eigenvalue weighted by atomic mass is 35.5. The normalized spacial score (nSPS) is 18.6. The Bertz CT molecular complexity index is 1160. The smallest absolute Gasteiger partial charge is 0.213 e. The quantitative estimate of drug-likeness (QED) is 0.323. The molecular weight excluding hydrogens is 448 g/mol. The molecule has 0 saturated heterocycles. The van der Waals surface area contributed by atoms with Crippen LogP contribution in [0.4, 0.5) is 0 Å². The number of hydrogen-bond donors (Lipinski definition) is 0. The Morgan fingerprint density at radius 2 is 1.71 bits per heavy atom. The second-order valence-electron chi connectivity index (χ2n) is 8.53. The summed E-state index contributed by atoms with van der Waals surface area (Å²) >= 11 is 6.35. The average Bonchev–Trinajstić information content (AvgIpc) is 3.31. The third-order valence-corrected chi connectivity index (χ3v) is 6.42. The van der Waals surface area contributed by atoms with E-state index in [1.807, 2.05) is 49.4 Å². The number of hydrazone groups is 1. The van der Waals surface area contributed by atoms with Gasteiger partial charge in [0.1, 0.15) is 17.2 Å². The van der Waals surface area contributed by atoms with Crippen LogP contribution in [0.5, 0.6) is 17.2 Å². The van der Waals surface area contributed by atoms with Crippen LogP contribution in [0, 0.1) is 0 Å². The average molecular weight is 477 g/mol. The molecular formula is C28H29ClN2O3. The highest BCUT2D eigenvalue weighted by Crippen LogP contribution is 2.48. The molecule has 0 amide bonds. The summed E-state index contributed by atoms with van der Waals surface area (Å²) in [5.74, 6) is 2.58. The van der Waals surface area contributed by atoms with Crippen molar-refractivity contribution < 1.29 is 14.2 Å². The van der Waals surface area contributed by atoms with Gasteiger partial charge in [0, 0.05) is 22.6 Å². The van der Waals surface area contributed by atoms with Crippen LogP contribution in [-0.4, -0.2) is 23.9 Å². The maximum atomic E-state index is 6.46. The van der Waals surface area contributed by atoms with E-state index in [2.05, 4.69) is 36.2 Å². The van der Waals surface area contributed by atoms with Crippen molar-refractivity contribution in [2.24, 2.45) is 5.10 Å². The van der Waals surface area contributed by atoms with E-state index in [1.165, 1.54) is 0 Å². The van der Waals surface area contributed by atoms with E-state index in [-0.39, 0.29) is 12.3 Å². The Kier molecular flexibility index (Phi) is 6.63. The van der Waals surface area contributed by atoms with Gasteiger partial charge >= 0.3 is 0 Å². The zero-order valence-corrected chi connectivity index (χ0v) is 20.3. The highest BCUT2D eigenvalue weighted by molar-refractivity contribution is 6.30. The van der Waals surface area contributed by atoms with Crippen molar-refractivity contribution in [3.05, 3.63) is 88.4 Å². The van der Waals surface area contributed by atoms with Gasteiger partial charge in [-0.1, -0.05) is 24.9 Å². The number of hydrogen-bond acceptors (Lipinski definition) is 5. The monoisotopic (exact) mass is 476 g/mol. The highest BCUT2D eigenvalue weighted by Gasteiger charge is 2.41. The summed E-state index contributed by atoms with van der Waals surface area (Å²) in [6.07, 6.45) is 2.61. The number of unbranched alkanes of at least 4 members (excludes halogenated alkanes) is 1. The minimum Gasteiger partial charge on any atom is -0.494 e. The summed E-state index contributed by atoms with van der Waals surface area (Å²) in [4.78, 5) is 0. The lowest BCUT2D eigenvalue weighted by atomic mass is 9.96. The standard InChI is InChI=1S/C28H29ClN2O3/c1-3-5-16-33-23-13-8-20(9-14-23)28-31-26(24-17-21(29)10-15-27(24)34-28)18-25(30-31)19-6-11-22(12-7-19)32-4-2/h6-15,17,26,28H,3-5,16,18H2,1-2H3/t26-,28-/m0/s1. The third-order valence-electron chi connectivity index (χ3n) is 6.18. The van der Waals surface area contributed by atoms with Gasteiger partial charge in [0.25, 0.3) is 0 Å². The summed E-state index contributed by atoms with van der Waals surface area (Å²) in [5.41, 5.74) is 4.20. The van der Waals surface area contributed by atoms with E-state index >= 15 is 0 Å². The number of ether oxygens (including phenoxy) is 3. The molecule has 6 heteroatoms. The molecule has 2 atom stereocenters. The lowest BCUT2D eigenvalue weighted by molar-refractivity contribution is -0.0190. The Balaban J connectivity index is 1.45. The lowest BCUT2D eigenvalue weighted by Crippen LogP contribution is -2.33. The van der Waals surface area contributed by atoms with Crippen molar-refractivity contribution in [3.8, 4) is 17.2 Å². The number of fused-ring (bicyclic) bond motifs is 3. The van der Waals surface area contributed by atoms with E-state index in [4.69, 9.17) is 30.9 Å². The van der Waals surface area contributed by atoms with Gasteiger partial charge in [-0.25, -0.2) is 5.01 Å². The predicted molar refractivity (Wildman–Crippen MR) is 135 cm³/mol. The van der Waals surface area contributed by atoms with Crippen molar-refractivity contribution in [2.45, 2.75) is 45.4 Å². The Morgan fingerprint density at radius 1 is 0.971 bits per heavy atom. The third kappa shape index (κ3) is 4.58. The zero-order chi connectivity index (χ0) is 23.5. The molecule has 0 unspecified atom stereocenters. The molecule has 34 heavy (non-hydrogen) atoms. The van der Waals surface area contributed by atoms with E-state index in [9.17, 15) is 0 Å². The molecule has 3 aromatic carbocycles. The molecule has 5 rings (SSSR count). The van der Waals surface area contributed by atoms with Crippen molar-refractivity contribution in [2.75, 3.05) is 13.2 Å². The van der Waals surface area contributed by atoms with Gasteiger partial charge in [-0.05, 0) is 85.6 Å². The van der Waals surface area contributed by atoms with Crippen LogP contribution in [0.15, 0.2) is 71.8 Å². The van der Waals surface area contributed by atoms with Crippen LogP contribution in [0.25, 0.3) is 0 Å². The Labute approximate surface area is 205 Å². The molecule has 0 N–H and O–H groups in total. The van der Waals surface area contributed by atoms with Crippen LogP contribution in [0.2, 0.25) is 5.02 Å². The number of nitrogens with zero attached hydrogens (tertiary/aromatic N) is 2. The fourth-order valence-electron chi connectivity index (χ4n) is 4.43. The van der Waals surface area contributed by atoms with Gasteiger partial charge in [-0.15, -0.1) is 0 Å². The number of benzene rings is 3. The SMILES string of the molecule is CCCCOc1ccc([C@@H]2Oc3ccc(Cl)cc3[C@@H]3CC(c4ccc(OCC)cc4)=NN32)cc1. The maximum absolute atomic E-state index is 6.46. The van der Waals surface area contributed by atoms with E-state index in [1.54, 1.807) is 0 Å². The second kappa shape index (κ2) is 9.98. The molecule has 0 saturated carbocycles. The summed E-state index contributed by atoms with van der Waals surface area (Å²) in [6, 6.07) is 22.1. The Hall–Kier alpha value is -3.18. The van der Waals surface area contributed by atoms with Gasteiger partial charge in [0.2, 0.25) is 6.23 Å². The van der Waals surface area contributed by atoms with Crippen molar-refractivity contribution in [1.29, 1.82) is 0 Å². The van der Waals surface area contributed by atoms with E-state index in [0.717, 1.165) is 65.5 Å². The summed E-state index contributed by atoms with van der Waals surface area (Å²) in [6.45, 7) is 5.52. The fraction of sp³-hybridized carbons (Fsp3) is 0.321. The van der Waals surface area contributed by atoms with Gasteiger partial charge in [0.15, 0.2) is 0 Å². The first-order valence-electron chi connectivity index (χ1n) is 11.9. The number of rotatable bonds is 8. The molecule has 2 aliphatic heterocycles.